The molecule has 2 saturated heterocycles. The Balaban J connectivity index is 1.74. The molecule has 21 heavy (non-hydrogen) atoms. The number of halogens is 2. The maximum Gasteiger partial charge on any atom is 0.161 e. The van der Waals surface area contributed by atoms with Gasteiger partial charge in [-0.15, -0.1) is 0 Å². The van der Waals surface area contributed by atoms with E-state index >= 15 is 0 Å². The summed E-state index contributed by atoms with van der Waals surface area (Å²) in [6.07, 6.45) is 1.04. The van der Waals surface area contributed by atoms with Crippen molar-refractivity contribution in [3.8, 4) is 6.07 Å². The summed E-state index contributed by atoms with van der Waals surface area (Å²) in [7, 11) is 0. The minimum Gasteiger partial charge on any atom is -0.379 e. The van der Waals surface area contributed by atoms with Gasteiger partial charge in [-0.3, -0.25) is 4.90 Å². The van der Waals surface area contributed by atoms with Crippen molar-refractivity contribution in [2.75, 3.05) is 44.3 Å². The van der Waals surface area contributed by atoms with Crippen molar-refractivity contribution >= 4 is 21.6 Å². The van der Waals surface area contributed by atoms with Crippen molar-refractivity contribution in [2.24, 2.45) is 0 Å². The second kappa shape index (κ2) is 6.30. The zero-order chi connectivity index (χ0) is 14.8. The molecule has 0 amide bonds. The van der Waals surface area contributed by atoms with Gasteiger partial charge in [0.1, 0.15) is 6.07 Å². The average molecular weight is 354 g/mol. The number of nitriles is 1. The fourth-order valence-electron chi connectivity index (χ4n) is 3.07. The van der Waals surface area contributed by atoms with E-state index in [0.717, 1.165) is 45.8 Å². The lowest BCUT2D eigenvalue weighted by Crippen LogP contribution is -2.44. The number of nitrogens with zero attached hydrogens (tertiary/aromatic N) is 3. The fraction of sp³-hybridized carbons (Fsp3) is 0.533. The molecule has 112 valence electrons. The van der Waals surface area contributed by atoms with Crippen LogP contribution in [0.4, 0.5) is 10.1 Å². The molecule has 1 atom stereocenters. The van der Waals surface area contributed by atoms with E-state index in [2.05, 4.69) is 25.7 Å². The molecule has 4 nitrogen and oxygen atoms in total. The molecule has 2 heterocycles. The third-order valence-electron chi connectivity index (χ3n) is 4.25. The summed E-state index contributed by atoms with van der Waals surface area (Å²) in [5.41, 5.74) is 0.914. The van der Waals surface area contributed by atoms with Crippen molar-refractivity contribution in [3.05, 3.63) is 28.0 Å². The minimum absolute atomic E-state index is 0.261. The molecule has 0 spiro atoms. The highest BCUT2D eigenvalue weighted by atomic mass is 79.9. The largest absolute Gasteiger partial charge is 0.379 e. The van der Waals surface area contributed by atoms with Gasteiger partial charge in [-0.25, -0.2) is 4.39 Å². The van der Waals surface area contributed by atoms with Crippen molar-refractivity contribution < 1.29 is 9.13 Å². The molecule has 2 fully saturated rings. The predicted molar refractivity (Wildman–Crippen MR) is 81.8 cm³/mol. The highest BCUT2D eigenvalue weighted by molar-refractivity contribution is 9.10. The van der Waals surface area contributed by atoms with Crippen molar-refractivity contribution in [1.82, 2.24) is 4.90 Å². The van der Waals surface area contributed by atoms with E-state index in [-0.39, 0.29) is 10.3 Å². The van der Waals surface area contributed by atoms with Gasteiger partial charge < -0.3 is 9.64 Å². The number of rotatable bonds is 2. The number of morpholine rings is 1. The molecule has 1 aromatic carbocycles. The Morgan fingerprint density at radius 2 is 2.05 bits per heavy atom. The molecular formula is C15H17BrFN3O. The predicted octanol–water partition coefficient (Wildman–Crippen LogP) is 2.37. The molecule has 6 heteroatoms. The van der Waals surface area contributed by atoms with Crippen LogP contribution in [-0.4, -0.2) is 50.3 Å². The van der Waals surface area contributed by atoms with E-state index in [9.17, 15) is 4.39 Å². The number of hydrogen-bond donors (Lipinski definition) is 0. The summed E-state index contributed by atoms with van der Waals surface area (Å²) in [6, 6.07) is 5.83. The van der Waals surface area contributed by atoms with Gasteiger partial charge in [0.25, 0.3) is 0 Å². The summed E-state index contributed by atoms with van der Waals surface area (Å²) < 4.78 is 20.0. The van der Waals surface area contributed by atoms with E-state index in [4.69, 9.17) is 10.00 Å². The SMILES string of the molecule is N#Cc1ccc(N2CCC(N3CCOCC3)C2)c(F)c1Br. The lowest BCUT2D eigenvalue weighted by atomic mass is 10.2. The summed E-state index contributed by atoms with van der Waals surface area (Å²) in [6.45, 7) is 5.16. The van der Waals surface area contributed by atoms with Crippen LogP contribution in [0, 0.1) is 17.1 Å². The van der Waals surface area contributed by atoms with Crippen LogP contribution < -0.4 is 4.90 Å². The summed E-state index contributed by atoms with van der Waals surface area (Å²) in [5, 5.41) is 8.93. The Bertz CT molecular complexity index is 569. The lowest BCUT2D eigenvalue weighted by molar-refractivity contribution is 0.0209. The highest BCUT2D eigenvalue weighted by Crippen LogP contribution is 2.32. The third kappa shape index (κ3) is 2.91. The molecule has 3 rings (SSSR count). The van der Waals surface area contributed by atoms with Crippen LogP contribution in [0.2, 0.25) is 0 Å². The maximum absolute atomic E-state index is 14.4. The van der Waals surface area contributed by atoms with E-state index in [1.807, 2.05) is 6.07 Å². The molecule has 2 aliphatic heterocycles. The van der Waals surface area contributed by atoms with E-state index in [1.54, 1.807) is 12.1 Å². The molecule has 1 unspecified atom stereocenters. The number of ether oxygens (including phenoxy) is 1. The fourth-order valence-corrected chi connectivity index (χ4v) is 3.50. The second-order valence-corrected chi connectivity index (χ2v) is 6.20. The first-order valence-electron chi connectivity index (χ1n) is 7.15. The Morgan fingerprint density at radius 1 is 1.29 bits per heavy atom. The number of anilines is 1. The molecular weight excluding hydrogens is 337 g/mol. The molecule has 0 aliphatic carbocycles. The molecule has 0 N–H and O–H groups in total. The van der Waals surface area contributed by atoms with Gasteiger partial charge in [0, 0.05) is 32.2 Å². The van der Waals surface area contributed by atoms with Crippen LogP contribution in [0.3, 0.4) is 0 Å². The first kappa shape index (κ1) is 14.8. The number of hydrogen-bond acceptors (Lipinski definition) is 4. The van der Waals surface area contributed by atoms with E-state index in [0.29, 0.717) is 17.3 Å². The van der Waals surface area contributed by atoms with Gasteiger partial charge in [0.15, 0.2) is 5.82 Å². The number of benzene rings is 1. The summed E-state index contributed by atoms with van der Waals surface area (Å²) >= 11 is 3.18. The van der Waals surface area contributed by atoms with Crippen molar-refractivity contribution in [3.63, 3.8) is 0 Å². The van der Waals surface area contributed by atoms with Gasteiger partial charge in [-0.2, -0.15) is 5.26 Å². The molecule has 0 bridgehead atoms. The zero-order valence-corrected chi connectivity index (χ0v) is 13.3. The maximum atomic E-state index is 14.4. The van der Waals surface area contributed by atoms with Crippen LogP contribution in [0.5, 0.6) is 0 Å². The standard InChI is InChI=1S/C15H17BrFN3O/c16-14-11(9-18)1-2-13(15(14)17)20-4-3-12(10-20)19-5-7-21-8-6-19/h1-2,12H,3-8,10H2. The molecule has 2 aliphatic rings. The van der Waals surface area contributed by atoms with Crippen LogP contribution >= 0.6 is 15.9 Å². The van der Waals surface area contributed by atoms with Crippen molar-refractivity contribution in [2.45, 2.75) is 12.5 Å². The van der Waals surface area contributed by atoms with Gasteiger partial charge in [0.05, 0.1) is 28.9 Å². The minimum atomic E-state index is -0.336. The first-order chi connectivity index (χ1) is 10.2. The Morgan fingerprint density at radius 3 is 2.76 bits per heavy atom. The zero-order valence-electron chi connectivity index (χ0n) is 11.7. The topological polar surface area (TPSA) is 39.5 Å². The lowest BCUT2D eigenvalue weighted by Gasteiger charge is -2.32. The molecule has 1 aromatic rings. The Labute approximate surface area is 132 Å². The van der Waals surface area contributed by atoms with Crippen LogP contribution in [0.25, 0.3) is 0 Å². The second-order valence-electron chi connectivity index (χ2n) is 5.41. The van der Waals surface area contributed by atoms with Gasteiger partial charge in [-0.1, -0.05) is 0 Å². The third-order valence-corrected chi connectivity index (χ3v) is 5.02. The quantitative estimate of drug-likeness (QED) is 0.818. The summed E-state index contributed by atoms with van der Waals surface area (Å²) in [5.74, 6) is -0.336. The van der Waals surface area contributed by atoms with Crippen molar-refractivity contribution in [1.29, 1.82) is 5.26 Å². The smallest absolute Gasteiger partial charge is 0.161 e. The van der Waals surface area contributed by atoms with Gasteiger partial charge >= 0.3 is 0 Å². The van der Waals surface area contributed by atoms with Crippen LogP contribution in [0.15, 0.2) is 16.6 Å². The van der Waals surface area contributed by atoms with E-state index < -0.39 is 0 Å². The van der Waals surface area contributed by atoms with Gasteiger partial charge in [0.2, 0.25) is 0 Å². The Kier molecular flexibility index (Phi) is 4.43. The normalized spacial score (nSPS) is 23.3. The monoisotopic (exact) mass is 353 g/mol. The molecule has 0 radical (unpaired) electrons. The van der Waals surface area contributed by atoms with Crippen LogP contribution in [-0.2, 0) is 4.74 Å². The molecule has 0 saturated carbocycles. The van der Waals surface area contributed by atoms with Gasteiger partial charge in [-0.05, 0) is 34.5 Å². The Hall–Kier alpha value is -1.16. The average Bonchev–Trinajstić information content (AvgIpc) is 3.00. The summed E-state index contributed by atoms with van der Waals surface area (Å²) in [4.78, 5) is 4.50. The highest BCUT2D eigenvalue weighted by Gasteiger charge is 2.30. The van der Waals surface area contributed by atoms with Crippen LogP contribution in [0.1, 0.15) is 12.0 Å². The van der Waals surface area contributed by atoms with E-state index in [1.165, 1.54) is 0 Å². The molecule has 0 aromatic heterocycles. The first-order valence-corrected chi connectivity index (χ1v) is 7.95.